The van der Waals surface area contributed by atoms with Crippen molar-refractivity contribution in [3.63, 3.8) is 0 Å². The number of hydrogen-bond acceptors (Lipinski definition) is 3. The molecule has 4 heteroatoms. The van der Waals surface area contributed by atoms with E-state index in [0.717, 1.165) is 0 Å². The second-order valence-electron chi connectivity index (χ2n) is 1.96. The van der Waals surface area contributed by atoms with Gasteiger partial charge in [-0.1, -0.05) is 0 Å². The lowest BCUT2D eigenvalue weighted by Crippen LogP contribution is -2.19. The van der Waals surface area contributed by atoms with Crippen LogP contribution in [0.1, 0.15) is 6.92 Å². The van der Waals surface area contributed by atoms with E-state index in [1.165, 1.54) is 0 Å². The molecule has 0 aliphatic carbocycles. The predicted molar refractivity (Wildman–Crippen MR) is 38.6 cm³/mol. The highest BCUT2D eigenvalue weighted by atomic mass is 35.5. The molecule has 0 bridgehead atoms. The summed E-state index contributed by atoms with van der Waals surface area (Å²) in [5.41, 5.74) is 0. The number of hydroxylamine groups is 2. The molecule has 0 aromatic carbocycles. The maximum Gasteiger partial charge on any atom is 0.0941 e. The molecule has 9 heavy (non-hydrogen) atoms. The number of aliphatic hydroxyl groups excluding tert-OH is 1. The minimum absolute atomic E-state index is 0. The van der Waals surface area contributed by atoms with E-state index in [2.05, 4.69) is 0 Å². The van der Waals surface area contributed by atoms with Gasteiger partial charge in [0.05, 0.1) is 12.7 Å². The summed E-state index contributed by atoms with van der Waals surface area (Å²) in [5.74, 6) is 0. The molecule has 0 aromatic heterocycles. The third kappa shape index (κ3) is 11.6. The molecule has 0 fully saturated rings. The molecule has 0 rings (SSSR count). The van der Waals surface area contributed by atoms with Gasteiger partial charge in [0.15, 0.2) is 0 Å². The van der Waals surface area contributed by atoms with Crippen LogP contribution in [0.5, 0.6) is 0 Å². The average Bonchev–Trinajstić information content (AvgIpc) is 1.61. The smallest absolute Gasteiger partial charge is 0.0941 e. The zero-order valence-electron chi connectivity index (χ0n) is 6.00. The van der Waals surface area contributed by atoms with Crippen LogP contribution in [0.15, 0.2) is 0 Å². The number of nitrogens with zero attached hydrogens (tertiary/aromatic N) is 1. The van der Waals surface area contributed by atoms with Gasteiger partial charge < -0.3 is 5.11 Å². The molecule has 0 amide bonds. The third-order valence-corrected chi connectivity index (χ3v) is 0.574. The molecule has 1 N–H and O–H groups in total. The number of rotatable bonds is 3. The fourth-order valence-electron chi connectivity index (χ4n) is 0.257. The number of halogens is 1. The molecule has 0 saturated heterocycles. The summed E-state index contributed by atoms with van der Waals surface area (Å²) in [6.45, 7) is 2.05. The largest absolute Gasteiger partial charge is 0.391 e. The van der Waals surface area contributed by atoms with Gasteiger partial charge in [0.25, 0.3) is 0 Å². The summed E-state index contributed by atoms with van der Waals surface area (Å²) < 4.78 is 0. The van der Waals surface area contributed by atoms with Crippen LogP contribution >= 0.6 is 12.4 Å². The first kappa shape index (κ1) is 11.9. The zero-order valence-corrected chi connectivity index (χ0v) is 6.81. The Balaban J connectivity index is 0. The predicted octanol–water partition coefficient (Wildman–Crippen LogP) is 0.282. The SMILES string of the molecule is CC(O)CON(C)C.Cl. The molecule has 0 aliphatic rings. The van der Waals surface area contributed by atoms with Crippen LogP contribution in [0.4, 0.5) is 0 Å². The minimum atomic E-state index is -0.377. The summed E-state index contributed by atoms with van der Waals surface area (Å²) in [7, 11) is 3.56. The lowest BCUT2D eigenvalue weighted by molar-refractivity contribution is -0.141. The van der Waals surface area contributed by atoms with Gasteiger partial charge >= 0.3 is 0 Å². The molecule has 0 saturated carbocycles. The van der Waals surface area contributed by atoms with Crippen LogP contribution < -0.4 is 0 Å². The van der Waals surface area contributed by atoms with Crippen molar-refractivity contribution >= 4 is 12.4 Å². The van der Waals surface area contributed by atoms with Crippen molar-refractivity contribution in [1.29, 1.82) is 0 Å². The van der Waals surface area contributed by atoms with Crippen molar-refractivity contribution in [1.82, 2.24) is 5.06 Å². The normalized spacial score (nSPS) is 13.0. The molecule has 0 aromatic rings. The van der Waals surface area contributed by atoms with E-state index in [1.54, 1.807) is 26.1 Å². The number of aliphatic hydroxyl groups is 1. The fraction of sp³-hybridized carbons (Fsp3) is 1.00. The van der Waals surface area contributed by atoms with Crippen molar-refractivity contribution in [2.75, 3.05) is 20.7 Å². The molecule has 0 spiro atoms. The summed E-state index contributed by atoms with van der Waals surface area (Å²) in [6.07, 6.45) is -0.377. The van der Waals surface area contributed by atoms with E-state index in [4.69, 9.17) is 9.94 Å². The van der Waals surface area contributed by atoms with Gasteiger partial charge in [-0.3, -0.25) is 4.84 Å². The van der Waals surface area contributed by atoms with Crippen LogP contribution in [0.3, 0.4) is 0 Å². The zero-order chi connectivity index (χ0) is 6.57. The molecular formula is C5H14ClNO2. The first-order valence-corrected chi connectivity index (χ1v) is 2.61. The highest BCUT2D eigenvalue weighted by Gasteiger charge is 1.94. The molecular weight excluding hydrogens is 142 g/mol. The van der Waals surface area contributed by atoms with E-state index in [0.29, 0.717) is 6.61 Å². The van der Waals surface area contributed by atoms with E-state index in [9.17, 15) is 0 Å². The van der Waals surface area contributed by atoms with Gasteiger partial charge in [0, 0.05) is 14.1 Å². The van der Waals surface area contributed by atoms with Gasteiger partial charge in [0.1, 0.15) is 0 Å². The highest BCUT2D eigenvalue weighted by Crippen LogP contribution is 1.83. The Bertz CT molecular complexity index is 50.9. The van der Waals surface area contributed by atoms with Crippen LogP contribution in [-0.2, 0) is 4.84 Å². The maximum absolute atomic E-state index is 8.65. The lowest BCUT2D eigenvalue weighted by Gasteiger charge is -2.10. The second kappa shape index (κ2) is 6.29. The summed E-state index contributed by atoms with van der Waals surface area (Å²) in [4.78, 5) is 4.89. The first-order chi connectivity index (χ1) is 3.63. The van der Waals surface area contributed by atoms with Crippen molar-refractivity contribution in [3.8, 4) is 0 Å². The van der Waals surface area contributed by atoms with Crippen LogP contribution in [0.25, 0.3) is 0 Å². The Morgan fingerprint density at radius 2 is 2.00 bits per heavy atom. The molecule has 1 unspecified atom stereocenters. The van der Waals surface area contributed by atoms with Gasteiger partial charge in [-0.2, -0.15) is 5.06 Å². The molecule has 0 aliphatic heterocycles. The monoisotopic (exact) mass is 155 g/mol. The van der Waals surface area contributed by atoms with Crippen molar-refractivity contribution in [2.24, 2.45) is 0 Å². The Hall–Kier alpha value is 0.170. The van der Waals surface area contributed by atoms with Crippen LogP contribution in [0, 0.1) is 0 Å². The molecule has 3 nitrogen and oxygen atoms in total. The Kier molecular flexibility index (Phi) is 8.32. The minimum Gasteiger partial charge on any atom is -0.391 e. The molecule has 58 valence electrons. The van der Waals surface area contributed by atoms with Gasteiger partial charge in [0.2, 0.25) is 0 Å². The van der Waals surface area contributed by atoms with Gasteiger partial charge in [-0.25, -0.2) is 0 Å². The standard InChI is InChI=1S/C5H13NO2.ClH/c1-5(7)4-8-6(2)3;/h5,7H,4H2,1-3H3;1H. The van der Waals surface area contributed by atoms with Gasteiger partial charge in [-0.15, -0.1) is 12.4 Å². The van der Waals surface area contributed by atoms with E-state index in [1.807, 2.05) is 0 Å². The fourth-order valence-corrected chi connectivity index (χ4v) is 0.257. The highest BCUT2D eigenvalue weighted by molar-refractivity contribution is 5.85. The average molecular weight is 156 g/mol. The summed E-state index contributed by atoms with van der Waals surface area (Å²) >= 11 is 0. The third-order valence-electron chi connectivity index (χ3n) is 0.574. The summed E-state index contributed by atoms with van der Waals surface area (Å²) in [6, 6.07) is 0. The van der Waals surface area contributed by atoms with Crippen LogP contribution in [0.2, 0.25) is 0 Å². The lowest BCUT2D eigenvalue weighted by atomic mass is 10.5. The van der Waals surface area contributed by atoms with Crippen molar-refractivity contribution < 1.29 is 9.94 Å². The topological polar surface area (TPSA) is 32.7 Å². The Morgan fingerprint density at radius 1 is 1.56 bits per heavy atom. The summed E-state index contributed by atoms with van der Waals surface area (Å²) in [5, 5.41) is 10.2. The van der Waals surface area contributed by atoms with E-state index in [-0.39, 0.29) is 18.5 Å². The van der Waals surface area contributed by atoms with Gasteiger partial charge in [-0.05, 0) is 6.92 Å². The van der Waals surface area contributed by atoms with E-state index >= 15 is 0 Å². The molecule has 0 heterocycles. The van der Waals surface area contributed by atoms with E-state index < -0.39 is 0 Å². The number of hydrogen-bond donors (Lipinski definition) is 1. The first-order valence-electron chi connectivity index (χ1n) is 2.61. The Labute approximate surface area is 62.0 Å². The van der Waals surface area contributed by atoms with Crippen molar-refractivity contribution in [3.05, 3.63) is 0 Å². The maximum atomic E-state index is 8.65. The molecule has 0 radical (unpaired) electrons. The van der Waals surface area contributed by atoms with Crippen molar-refractivity contribution in [2.45, 2.75) is 13.0 Å². The second-order valence-corrected chi connectivity index (χ2v) is 1.96. The Morgan fingerprint density at radius 3 is 2.11 bits per heavy atom. The molecule has 1 atom stereocenters. The van der Waals surface area contributed by atoms with Crippen LogP contribution in [-0.4, -0.2) is 37.0 Å². The quantitative estimate of drug-likeness (QED) is 0.595.